The van der Waals surface area contributed by atoms with Gasteiger partial charge < -0.3 is 14.0 Å². The summed E-state index contributed by atoms with van der Waals surface area (Å²) < 4.78 is 6.78. The number of benzene rings is 1. The molecule has 4 rings (SSSR count). The topological polar surface area (TPSA) is 81.2 Å². The summed E-state index contributed by atoms with van der Waals surface area (Å²) in [7, 11) is 0. The van der Waals surface area contributed by atoms with Gasteiger partial charge in [0.25, 0.3) is 11.4 Å². The van der Waals surface area contributed by atoms with E-state index >= 15 is 0 Å². The van der Waals surface area contributed by atoms with E-state index in [2.05, 4.69) is 10.1 Å². The molecule has 0 unspecified atom stereocenters. The molecule has 0 bridgehead atoms. The maximum Gasteiger partial charge on any atom is 0.259 e. The highest BCUT2D eigenvalue weighted by Crippen LogP contribution is 2.22. The van der Waals surface area contributed by atoms with E-state index in [1.807, 2.05) is 36.1 Å². The molecule has 0 saturated carbocycles. The Balaban J connectivity index is 1.56. The van der Waals surface area contributed by atoms with Crippen LogP contribution in [0.3, 0.4) is 0 Å². The average molecular weight is 378 g/mol. The van der Waals surface area contributed by atoms with Gasteiger partial charge in [-0.25, -0.2) is 0 Å². The molecule has 0 atom stereocenters. The number of hydrogen-bond donors (Lipinski definition) is 0. The Kier molecular flexibility index (Phi) is 5.06. The van der Waals surface area contributed by atoms with Crippen LogP contribution in [0, 0.1) is 6.92 Å². The highest BCUT2D eigenvalue weighted by atomic mass is 16.5. The molecule has 7 nitrogen and oxygen atoms in total. The van der Waals surface area contributed by atoms with Gasteiger partial charge >= 0.3 is 0 Å². The number of carbonyl (C=O) groups is 1. The summed E-state index contributed by atoms with van der Waals surface area (Å²) in [5, 5.41) is 4.03. The fourth-order valence-electron chi connectivity index (χ4n) is 3.33. The second-order valence-corrected chi connectivity index (χ2v) is 7.11. The van der Waals surface area contributed by atoms with E-state index in [-0.39, 0.29) is 18.0 Å². The average Bonchev–Trinajstić information content (AvgIpc) is 3.21. The van der Waals surface area contributed by atoms with Gasteiger partial charge in [0.05, 0.1) is 5.56 Å². The molecule has 0 spiro atoms. The lowest BCUT2D eigenvalue weighted by atomic mass is 10.1. The molecule has 3 aromatic rings. The number of nitrogens with zero attached hydrogens (tertiary/aromatic N) is 4. The van der Waals surface area contributed by atoms with E-state index in [1.54, 1.807) is 12.3 Å². The maximum atomic E-state index is 12.5. The Bertz CT molecular complexity index is 1030. The Labute approximate surface area is 162 Å². The molecule has 2 aromatic heterocycles. The second kappa shape index (κ2) is 7.80. The lowest BCUT2D eigenvalue weighted by Crippen LogP contribution is -2.39. The molecule has 1 aromatic carbocycles. The summed E-state index contributed by atoms with van der Waals surface area (Å²) in [5.74, 6) is 0.761. The molecule has 1 saturated heterocycles. The summed E-state index contributed by atoms with van der Waals surface area (Å²) in [5.41, 5.74) is 2.39. The Morgan fingerprint density at radius 3 is 2.50 bits per heavy atom. The van der Waals surface area contributed by atoms with E-state index in [0.717, 1.165) is 43.5 Å². The minimum Gasteiger partial charge on any atom is -0.341 e. The van der Waals surface area contributed by atoms with Crippen molar-refractivity contribution in [1.82, 2.24) is 19.6 Å². The van der Waals surface area contributed by atoms with Crippen LogP contribution in [-0.2, 0) is 11.3 Å². The van der Waals surface area contributed by atoms with Crippen molar-refractivity contribution < 1.29 is 9.32 Å². The first-order chi connectivity index (χ1) is 13.6. The fourth-order valence-corrected chi connectivity index (χ4v) is 3.33. The minimum atomic E-state index is -0.229. The van der Waals surface area contributed by atoms with E-state index in [4.69, 9.17) is 4.52 Å². The van der Waals surface area contributed by atoms with Crippen LogP contribution in [0.15, 0.2) is 51.9 Å². The number of aromatic nitrogens is 3. The van der Waals surface area contributed by atoms with Crippen molar-refractivity contribution in [1.29, 1.82) is 0 Å². The number of rotatable bonds is 4. The molecule has 144 valence electrons. The molecular weight excluding hydrogens is 356 g/mol. The zero-order valence-corrected chi connectivity index (χ0v) is 15.8. The SMILES string of the molecule is Cc1ccc(-c2noc(-c3ccc(=O)n(CC(=O)N4CCCCC4)c3)n2)cc1. The number of carbonyl (C=O) groups excluding carboxylic acids is 1. The summed E-state index contributed by atoms with van der Waals surface area (Å²) in [6.07, 6.45) is 4.80. The third-order valence-corrected chi connectivity index (χ3v) is 4.98. The highest BCUT2D eigenvalue weighted by molar-refractivity contribution is 5.76. The van der Waals surface area contributed by atoms with Gasteiger partial charge in [-0.05, 0) is 32.3 Å². The standard InChI is InChI=1S/C21H22N4O3/c1-15-5-7-16(8-6-15)20-22-21(28-23-20)17-9-10-18(26)25(13-17)14-19(27)24-11-3-2-4-12-24/h5-10,13H,2-4,11-12,14H2,1H3. The lowest BCUT2D eigenvalue weighted by Gasteiger charge is -2.26. The zero-order valence-electron chi connectivity index (χ0n) is 15.8. The summed E-state index contributed by atoms with van der Waals surface area (Å²) >= 11 is 0. The Morgan fingerprint density at radius 1 is 1.04 bits per heavy atom. The van der Waals surface area contributed by atoms with Crippen LogP contribution in [-0.4, -0.2) is 38.6 Å². The predicted molar refractivity (Wildman–Crippen MR) is 105 cm³/mol. The molecular formula is C21H22N4O3. The van der Waals surface area contributed by atoms with Gasteiger partial charge in [-0.2, -0.15) is 4.98 Å². The smallest absolute Gasteiger partial charge is 0.259 e. The molecule has 1 amide bonds. The number of amides is 1. The molecule has 1 aliphatic rings. The van der Waals surface area contributed by atoms with Crippen LogP contribution in [0.4, 0.5) is 0 Å². The van der Waals surface area contributed by atoms with E-state index in [1.165, 1.54) is 10.6 Å². The third kappa shape index (κ3) is 3.88. The zero-order chi connectivity index (χ0) is 19.5. The predicted octanol–water partition coefficient (Wildman–Crippen LogP) is 2.89. The van der Waals surface area contributed by atoms with Crippen molar-refractivity contribution in [3.05, 3.63) is 58.5 Å². The molecule has 0 aliphatic carbocycles. The number of aryl methyl sites for hydroxylation is 1. The molecule has 0 radical (unpaired) electrons. The summed E-state index contributed by atoms with van der Waals surface area (Å²) in [6.45, 7) is 3.55. The molecule has 0 N–H and O–H groups in total. The molecule has 1 aliphatic heterocycles. The van der Waals surface area contributed by atoms with Gasteiger partial charge in [0.1, 0.15) is 6.54 Å². The normalized spacial score (nSPS) is 14.2. The quantitative estimate of drug-likeness (QED) is 0.697. The van der Waals surface area contributed by atoms with Crippen LogP contribution in [0.5, 0.6) is 0 Å². The minimum absolute atomic E-state index is 0.0195. The Morgan fingerprint density at radius 2 is 1.75 bits per heavy atom. The van der Waals surface area contributed by atoms with Gasteiger partial charge in [0.2, 0.25) is 11.7 Å². The lowest BCUT2D eigenvalue weighted by molar-refractivity contribution is -0.132. The first-order valence-electron chi connectivity index (χ1n) is 9.49. The van der Waals surface area contributed by atoms with Gasteiger partial charge in [-0.3, -0.25) is 9.59 Å². The first kappa shape index (κ1) is 18.2. The molecule has 28 heavy (non-hydrogen) atoms. The Hall–Kier alpha value is -3.22. The molecule has 3 heterocycles. The molecule has 7 heteroatoms. The largest absolute Gasteiger partial charge is 0.341 e. The van der Waals surface area contributed by atoms with Gasteiger partial charge in [0, 0.05) is 30.9 Å². The number of likely N-dealkylation sites (tertiary alicyclic amines) is 1. The van der Waals surface area contributed by atoms with Crippen LogP contribution in [0.25, 0.3) is 22.8 Å². The summed E-state index contributed by atoms with van der Waals surface area (Å²) in [4.78, 5) is 31.0. The van der Waals surface area contributed by atoms with Crippen LogP contribution >= 0.6 is 0 Å². The number of pyridine rings is 1. The van der Waals surface area contributed by atoms with Gasteiger partial charge in [-0.15, -0.1) is 0 Å². The van der Waals surface area contributed by atoms with Crippen LogP contribution in [0.1, 0.15) is 24.8 Å². The van der Waals surface area contributed by atoms with E-state index in [0.29, 0.717) is 17.3 Å². The fraction of sp³-hybridized carbons (Fsp3) is 0.333. The maximum absolute atomic E-state index is 12.5. The van der Waals surface area contributed by atoms with Crippen molar-refractivity contribution in [2.45, 2.75) is 32.7 Å². The van der Waals surface area contributed by atoms with Crippen molar-refractivity contribution in [2.24, 2.45) is 0 Å². The number of hydrogen-bond acceptors (Lipinski definition) is 5. The first-order valence-corrected chi connectivity index (χ1v) is 9.49. The molecule has 1 fully saturated rings. The van der Waals surface area contributed by atoms with E-state index in [9.17, 15) is 9.59 Å². The number of piperidine rings is 1. The van der Waals surface area contributed by atoms with Crippen LogP contribution in [0.2, 0.25) is 0 Å². The summed E-state index contributed by atoms with van der Waals surface area (Å²) in [6, 6.07) is 10.9. The van der Waals surface area contributed by atoms with Crippen molar-refractivity contribution >= 4 is 5.91 Å². The van der Waals surface area contributed by atoms with Crippen molar-refractivity contribution in [2.75, 3.05) is 13.1 Å². The van der Waals surface area contributed by atoms with Crippen molar-refractivity contribution in [3.63, 3.8) is 0 Å². The monoisotopic (exact) mass is 378 g/mol. The van der Waals surface area contributed by atoms with Gasteiger partial charge in [-0.1, -0.05) is 35.0 Å². The van der Waals surface area contributed by atoms with Gasteiger partial charge in [0.15, 0.2) is 0 Å². The van der Waals surface area contributed by atoms with E-state index < -0.39 is 0 Å². The van der Waals surface area contributed by atoms with Crippen molar-refractivity contribution in [3.8, 4) is 22.8 Å². The second-order valence-electron chi connectivity index (χ2n) is 7.11. The highest BCUT2D eigenvalue weighted by Gasteiger charge is 2.18. The van der Waals surface area contributed by atoms with Crippen LogP contribution < -0.4 is 5.56 Å². The third-order valence-electron chi connectivity index (χ3n) is 4.98.